The van der Waals surface area contributed by atoms with E-state index in [4.69, 9.17) is 4.42 Å². The van der Waals surface area contributed by atoms with Gasteiger partial charge < -0.3 is 20.0 Å². The summed E-state index contributed by atoms with van der Waals surface area (Å²) in [6.45, 7) is 3.78. The molecule has 0 fully saturated rings. The van der Waals surface area contributed by atoms with Gasteiger partial charge in [0.15, 0.2) is 5.76 Å². The lowest BCUT2D eigenvalue weighted by molar-refractivity contribution is -0.116. The number of rotatable bonds is 6. The van der Waals surface area contributed by atoms with Crippen LogP contribution in [0.2, 0.25) is 0 Å². The molecular formula is C23H23N3O4. The normalized spacial score (nSPS) is 10.4. The van der Waals surface area contributed by atoms with Crippen LogP contribution in [0.1, 0.15) is 32.0 Å². The number of nitrogens with one attached hydrogen (secondary N) is 2. The second kappa shape index (κ2) is 9.09. The minimum absolute atomic E-state index is 0.0802. The molecule has 1 heterocycles. The number of hydrogen-bond donors (Lipinski definition) is 2. The average Bonchev–Trinajstić information content (AvgIpc) is 3.26. The summed E-state index contributed by atoms with van der Waals surface area (Å²) in [5, 5.41) is 5.53. The number of furan rings is 1. The number of benzene rings is 2. The smallest absolute Gasteiger partial charge is 0.291 e. The summed E-state index contributed by atoms with van der Waals surface area (Å²) >= 11 is 0. The van der Waals surface area contributed by atoms with Crippen molar-refractivity contribution in [2.75, 3.05) is 24.2 Å². The summed E-state index contributed by atoms with van der Waals surface area (Å²) in [4.78, 5) is 38.3. The molecule has 0 atom stereocenters. The van der Waals surface area contributed by atoms with Crippen molar-refractivity contribution >= 4 is 29.1 Å². The van der Waals surface area contributed by atoms with Crippen molar-refractivity contribution in [3.8, 4) is 0 Å². The molecule has 3 amide bonds. The standard InChI is InChI=1S/C23H23N3O4/c1-15-6-7-16(2)19(13-15)25-21(27)14-26(3)23(29)17-8-10-18(11-9-17)24-22(28)20-5-4-12-30-20/h4-13H,14H2,1-3H3,(H,24,28)(H,25,27). The third kappa shape index (κ3) is 5.14. The van der Waals surface area contributed by atoms with Gasteiger partial charge in [-0.1, -0.05) is 12.1 Å². The highest BCUT2D eigenvalue weighted by Gasteiger charge is 2.16. The molecule has 2 N–H and O–H groups in total. The Balaban J connectivity index is 1.58. The maximum Gasteiger partial charge on any atom is 0.291 e. The van der Waals surface area contributed by atoms with E-state index in [0.717, 1.165) is 16.8 Å². The SMILES string of the molecule is Cc1ccc(C)c(NC(=O)CN(C)C(=O)c2ccc(NC(=O)c3ccco3)cc2)c1. The molecule has 3 rings (SSSR count). The molecule has 0 aliphatic rings. The van der Waals surface area contributed by atoms with Gasteiger partial charge in [-0.05, 0) is 67.4 Å². The summed E-state index contributed by atoms with van der Waals surface area (Å²) in [6.07, 6.45) is 1.42. The van der Waals surface area contributed by atoms with Crippen molar-refractivity contribution in [1.82, 2.24) is 4.90 Å². The molecule has 0 radical (unpaired) electrons. The van der Waals surface area contributed by atoms with Gasteiger partial charge in [-0.15, -0.1) is 0 Å². The summed E-state index contributed by atoms with van der Waals surface area (Å²) in [7, 11) is 1.57. The minimum Gasteiger partial charge on any atom is -0.459 e. The highest BCUT2D eigenvalue weighted by atomic mass is 16.3. The lowest BCUT2D eigenvalue weighted by Crippen LogP contribution is -2.35. The van der Waals surface area contributed by atoms with Crippen LogP contribution in [0.4, 0.5) is 11.4 Å². The second-order valence-electron chi connectivity index (χ2n) is 7.04. The van der Waals surface area contributed by atoms with Crippen molar-refractivity contribution < 1.29 is 18.8 Å². The Morgan fingerprint density at radius 2 is 1.70 bits per heavy atom. The number of hydrogen-bond acceptors (Lipinski definition) is 4. The molecule has 0 aliphatic carbocycles. The Hall–Kier alpha value is -3.87. The van der Waals surface area contributed by atoms with Gasteiger partial charge in [-0.25, -0.2) is 0 Å². The molecule has 0 saturated heterocycles. The van der Waals surface area contributed by atoms with Crippen LogP contribution in [0.15, 0.2) is 65.3 Å². The molecule has 0 unspecified atom stereocenters. The van der Waals surface area contributed by atoms with Crippen molar-refractivity contribution in [1.29, 1.82) is 0 Å². The van der Waals surface area contributed by atoms with Crippen molar-refractivity contribution in [3.05, 3.63) is 83.3 Å². The molecule has 2 aromatic carbocycles. The first kappa shape index (κ1) is 20.9. The van der Waals surface area contributed by atoms with E-state index in [1.807, 2.05) is 32.0 Å². The van der Waals surface area contributed by atoms with Crippen LogP contribution in [0.5, 0.6) is 0 Å². The lowest BCUT2D eigenvalue weighted by Gasteiger charge is -2.18. The first-order chi connectivity index (χ1) is 14.3. The van der Waals surface area contributed by atoms with E-state index >= 15 is 0 Å². The molecule has 1 aromatic heterocycles. The van der Waals surface area contributed by atoms with E-state index in [1.165, 1.54) is 11.2 Å². The van der Waals surface area contributed by atoms with E-state index in [2.05, 4.69) is 10.6 Å². The topological polar surface area (TPSA) is 91.7 Å². The molecule has 0 aliphatic heterocycles. The van der Waals surface area contributed by atoms with Crippen LogP contribution < -0.4 is 10.6 Å². The van der Waals surface area contributed by atoms with Gasteiger partial charge in [0, 0.05) is 24.0 Å². The number of carbonyl (C=O) groups excluding carboxylic acids is 3. The predicted octanol–water partition coefficient (Wildman–Crippen LogP) is 3.86. The maximum absolute atomic E-state index is 12.6. The molecule has 0 saturated carbocycles. The Morgan fingerprint density at radius 1 is 0.967 bits per heavy atom. The molecule has 3 aromatic rings. The van der Waals surface area contributed by atoms with E-state index in [-0.39, 0.29) is 30.0 Å². The van der Waals surface area contributed by atoms with Crippen molar-refractivity contribution in [3.63, 3.8) is 0 Å². The van der Waals surface area contributed by atoms with Gasteiger partial charge in [-0.2, -0.15) is 0 Å². The van der Waals surface area contributed by atoms with Gasteiger partial charge in [0.2, 0.25) is 5.91 Å². The van der Waals surface area contributed by atoms with Gasteiger partial charge >= 0.3 is 0 Å². The van der Waals surface area contributed by atoms with Crippen LogP contribution in [0.3, 0.4) is 0 Å². The summed E-state index contributed by atoms with van der Waals surface area (Å²) in [5.41, 5.74) is 3.67. The van der Waals surface area contributed by atoms with Gasteiger partial charge in [0.05, 0.1) is 12.8 Å². The zero-order chi connectivity index (χ0) is 21.7. The number of aryl methyl sites for hydroxylation is 2. The Morgan fingerprint density at radius 3 is 2.37 bits per heavy atom. The van der Waals surface area contributed by atoms with E-state index in [0.29, 0.717) is 11.3 Å². The Kier molecular flexibility index (Phi) is 6.32. The fourth-order valence-electron chi connectivity index (χ4n) is 2.86. The van der Waals surface area contributed by atoms with Gasteiger partial charge in [0.25, 0.3) is 11.8 Å². The lowest BCUT2D eigenvalue weighted by atomic mass is 10.1. The van der Waals surface area contributed by atoms with E-state index in [1.54, 1.807) is 43.4 Å². The number of carbonyl (C=O) groups is 3. The fraction of sp³-hybridized carbons (Fsp3) is 0.174. The molecule has 7 heteroatoms. The molecule has 7 nitrogen and oxygen atoms in total. The van der Waals surface area contributed by atoms with Gasteiger partial charge in [-0.3, -0.25) is 14.4 Å². The summed E-state index contributed by atoms with van der Waals surface area (Å²) in [5.74, 6) is -0.749. The van der Waals surface area contributed by atoms with Crippen LogP contribution in [-0.2, 0) is 4.79 Å². The van der Waals surface area contributed by atoms with Crippen LogP contribution in [0.25, 0.3) is 0 Å². The molecule has 30 heavy (non-hydrogen) atoms. The number of likely N-dealkylation sites (N-methyl/N-ethyl adjacent to an activating group) is 1. The van der Waals surface area contributed by atoms with E-state index in [9.17, 15) is 14.4 Å². The zero-order valence-electron chi connectivity index (χ0n) is 17.1. The van der Waals surface area contributed by atoms with Crippen molar-refractivity contribution in [2.45, 2.75) is 13.8 Å². The third-order valence-electron chi connectivity index (χ3n) is 4.53. The predicted molar refractivity (Wildman–Crippen MR) is 115 cm³/mol. The highest BCUT2D eigenvalue weighted by Crippen LogP contribution is 2.17. The number of amides is 3. The quantitative estimate of drug-likeness (QED) is 0.651. The zero-order valence-corrected chi connectivity index (χ0v) is 17.1. The van der Waals surface area contributed by atoms with Crippen LogP contribution in [0, 0.1) is 13.8 Å². The van der Waals surface area contributed by atoms with Crippen LogP contribution in [-0.4, -0.2) is 36.2 Å². The minimum atomic E-state index is -0.376. The molecule has 0 bridgehead atoms. The fourth-order valence-corrected chi connectivity index (χ4v) is 2.86. The van der Waals surface area contributed by atoms with Gasteiger partial charge in [0.1, 0.15) is 0 Å². The second-order valence-corrected chi connectivity index (χ2v) is 7.04. The molecule has 154 valence electrons. The average molecular weight is 405 g/mol. The number of anilines is 2. The van der Waals surface area contributed by atoms with Crippen LogP contribution >= 0.6 is 0 Å². The highest BCUT2D eigenvalue weighted by molar-refractivity contribution is 6.03. The monoisotopic (exact) mass is 405 g/mol. The van der Waals surface area contributed by atoms with E-state index < -0.39 is 0 Å². The number of nitrogens with zero attached hydrogens (tertiary/aromatic N) is 1. The van der Waals surface area contributed by atoms with Crippen molar-refractivity contribution in [2.24, 2.45) is 0 Å². The first-order valence-corrected chi connectivity index (χ1v) is 9.41. The molecular weight excluding hydrogens is 382 g/mol. The third-order valence-corrected chi connectivity index (χ3v) is 4.53. The largest absolute Gasteiger partial charge is 0.459 e. The summed E-state index contributed by atoms with van der Waals surface area (Å²) < 4.78 is 5.04. The Labute approximate surface area is 174 Å². The molecule has 0 spiro atoms. The first-order valence-electron chi connectivity index (χ1n) is 9.41. The maximum atomic E-state index is 12.6. The Bertz CT molecular complexity index is 1060. The summed E-state index contributed by atoms with van der Waals surface area (Å²) in [6, 6.07) is 15.4.